The minimum absolute atomic E-state index is 0.0591. The van der Waals surface area contributed by atoms with E-state index in [1.54, 1.807) is 0 Å². The number of benzene rings is 1. The molecule has 5 N–H and O–H groups in total. The van der Waals surface area contributed by atoms with Crippen LogP contribution < -0.4 is 5.73 Å². The molecule has 0 aliphatic rings. The third-order valence-electron chi connectivity index (χ3n) is 3.58. The van der Waals surface area contributed by atoms with Crippen molar-refractivity contribution < 1.29 is 24.9 Å². The Morgan fingerprint density at radius 1 is 1.30 bits per heavy atom. The average Bonchev–Trinajstić information content (AvgIpc) is 2.40. The molecule has 1 aromatic carbocycles. The van der Waals surface area contributed by atoms with E-state index in [2.05, 4.69) is 4.74 Å². The van der Waals surface area contributed by atoms with Crippen LogP contribution in [0.3, 0.4) is 0 Å². The fraction of sp³-hybridized carbons (Fsp3) is 0.500. The lowest BCUT2D eigenvalue weighted by molar-refractivity contribution is -0.142. The monoisotopic (exact) mass is 283 g/mol. The number of aromatic hydroxyl groups is 3. The van der Waals surface area contributed by atoms with Gasteiger partial charge in [0, 0.05) is 11.6 Å². The molecule has 0 aliphatic carbocycles. The quantitative estimate of drug-likeness (QED) is 0.369. The van der Waals surface area contributed by atoms with Crippen LogP contribution >= 0.6 is 0 Å². The van der Waals surface area contributed by atoms with Crippen LogP contribution in [0.15, 0.2) is 12.1 Å². The van der Waals surface area contributed by atoms with Crippen LogP contribution in [0, 0.1) is 5.92 Å². The van der Waals surface area contributed by atoms with Gasteiger partial charge in [-0.25, -0.2) is 0 Å². The van der Waals surface area contributed by atoms with Crippen molar-refractivity contribution in [2.45, 2.75) is 32.2 Å². The van der Waals surface area contributed by atoms with Gasteiger partial charge in [0.25, 0.3) is 0 Å². The molecule has 0 heterocycles. The van der Waals surface area contributed by atoms with Crippen LogP contribution in [0.4, 0.5) is 0 Å². The van der Waals surface area contributed by atoms with Crippen molar-refractivity contribution in [1.82, 2.24) is 0 Å². The highest BCUT2D eigenvalue weighted by atomic mass is 16.5. The summed E-state index contributed by atoms with van der Waals surface area (Å²) in [5.41, 5.74) is 6.12. The molecule has 112 valence electrons. The number of nitrogens with two attached hydrogens (primary N) is 1. The summed E-state index contributed by atoms with van der Waals surface area (Å²) in [6.45, 7) is 3.69. The molecule has 20 heavy (non-hydrogen) atoms. The van der Waals surface area contributed by atoms with Gasteiger partial charge in [-0.15, -0.1) is 0 Å². The van der Waals surface area contributed by atoms with Gasteiger partial charge in [0.15, 0.2) is 11.5 Å². The second-order valence-corrected chi connectivity index (χ2v) is 5.03. The van der Waals surface area contributed by atoms with Gasteiger partial charge in [-0.05, 0) is 24.3 Å². The van der Waals surface area contributed by atoms with E-state index in [9.17, 15) is 20.1 Å². The number of phenols is 3. The van der Waals surface area contributed by atoms with Crippen LogP contribution in [-0.2, 0) is 9.53 Å². The molecule has 1 aromatic rings. The van der Waals surface area contributed by atoms with Gasteiger partial charge in [-0.2, -0.15) is 0 Å². The molecule has 0 amide bonds. The Balaban J connectivity index is 2.89. The Hall–Kier alpha value is -1.95. The molecule has 0 spiro atoms. The van der Waals surface area contributed by atoms with Crippen molar-refractivity contribution in [3.05, 3.63) is 17.7 Å². The van der Waals surface area contributed by atoms with E-state index in [-0.39, 0.29) is 29.1 Å². The summed E-state index contributed by atoms with van der Waals surface area (Å²) in [5.74, 6) is -1.54. The van der Waals surface area contributed by atoms with Crippen molar-refractivity contribution in [3.8, 4) is 17.2 Å². The Labute approximate surface area is 117 Å². The highest BCUT2D eigenvalue weighted by molar-refractivity contribution is 5.75. The normalized spacial score (nSPS) is 15.4. The van der Waals surface area contributed by atoms with Crippen LogP contribution in [-0.4, -0.2) is 34.4 Å². The van der Waals surface area contributed by atoms with Gasteiger partial charge in [-0.1, -0.05) is 13.8 Å². The third-order valence-corrected chi connectivity index (χ3v) is 3.58. The van der Waals surface area contributed by atoms with Crippen molar-refractivity contribution in [2.24, 2.45) is 11.7 Å². The fourth-order valence-electron chi connectivity index (χ4n) is 2.13. The number of carbonyl (C=O) groups excluding carboxylic acids is 1. The molecule has 0 fully saturated rings. The average molecular weight is 283 g/mol. The SMILES string of the molecule is COC(=O)C(N)CC(C)C(C)c1cc(O)cc(O)c1O. The molecule has 0 bridgehead atoms. The summed E-state index contributed by atoms with van der Waals surface area (Å²) >= 11 is 0. The van der Waals surface area contributed by atoms with E-state index < -0.39 is 12.0 Å². The van der Waals surface area contributed by atoms with E-state index in [4.69, 9.17) is 5.73 Å². The lowest BCUT2D eigenvalue weighted by Crippen LogP contribution is -2.34. The Morgan fingerprint density at radius 3 is 2.45 bits per heavy atom. The lowest BCUT2D eigenvalue weighted by atomic mass is 9.84. The molecule has 0 saturated carbocycles. The standard InChI is InChI=1S/C14H21NO5/c1-7(4-11(15)14(19)20-3)8(2)10-5-9(16)6-12(17)13(10)18/h5-8,11,16-18H,4,15H2,1-3H3. The summed E-state index contributed by atoms with van der Waals surface area (Å²) in [5, 5.41) is 28.8. The van der Waals surface area contributed by atoms with Gasteiger partial charge in [-0.3, -0.25) is 4.79 Å². The first-order valence-electron chi connectivity index (χ1n) is 6.36. The zero-order chi connectivity index (χ0) is 15.4. The predicted molar refractivity (Wildman–Crippen MR) is 73.6 cm³/mol. The van der Waals surface area contributed by atoms with Gasteiger partial charge in [0.1, 0.15) is 11.8 Å². The van der Waals surface area contributed by atoms with Crippen molar-refractivity contribution in [2.75, 3.05) is 7.11 Å². The predicted octanol–water partition coefficient (Wildman–Crippen LogP) is 1.43. The molecule has 3 unspecified atom stereocenters. The number of carbonyl (C=O) groups is 1. The first-order chi connectivity index (χ1) is 9.27. The maximum atomic E-state index is 11.3. The van der Waals surface area contributed by atoms with Gasteiger partial charge < -0.3 is 25.8 Å². The first kappa shape index (κ1) is 16.1. The molecule has 3 atom stereocenters. The third kappa shape index (κ3) is 3.54. The van der Waals surface area contributed by atoms with Crippen LogP contribution in [0.1, 0.15) is 31.7 Å². The fourth-order valence-corrected chi connectivity index (χ4v) is 2.13. The summed E-state index contributed by atoms with van der Waals surface area (Å²) in [7, 11) is 1.27. The summed E-state index contributed by atoms with van der Waals surface area (Å²) < 4.78 is 4.57. The molecule has 6 heteroatoms. The molecule has 1 rings (SSSR count). The highest BCUT2D eigenvalue weighted by Gasteiger charge is 2.25. The second-order valence-electron chi connectivity index (χ2n) is 5.03. The van der Waals surface area contributed by atoms with Crippen LogP contribution in [0.2, 0.25) is 0 Å². The minimum Gasteiger partial charge on any atom is -0.508 e. The molecule has 6 nitrogen and oxygen atoms in total. The summed E-state index contributed by atoms with van der Waals surface area (Å²) in [4.78, 5) is 11.3. The number of methoxy groups -OCH3 is 1. The van der Waals surface area contributed by atoms with Crippen LogP contribution in [0.5, 0.6) is 17.2 Å². The van der Waals surface area contributed by atoms with Crippen molar-refractivity contribution in [1.29, 1.82) is 0 Å². The Morgan fingerprint density at radius 2 is 1.90 bits per heavy atom. The minimum atomic E-state index is -0.745. The van der Waals surface area contributed by atoms with Crippen LogP contribution in [0.25, 0.3) is 0 Å². The maximum Gasteiger partial charge on any atom is 0.322 e. The van der Waals surface area contributed by atoms with E-state index >= 15 is 0 Å². The summed E-state index contributed by atoms with van der Waals surface area (Å²) in [6, 6.07) is 1.71. The molecule has 0 saturated heterocycles. The number of hydrogen-bond donors (Lipinski definition) is 4. The number of ether oxygens (including phenoxy) is 1. The molecular weight excluding hydrogens is 262 g/mol. The maximum absolute atomic E-state index is 11.3. The first-order valence-corrected chi connectivity index (χ1v) is 6.36. The van der Waals surface area contributed by atoms with E-state index in [1.807, 2.05) is 13.8 Å². The van der Waals surface area contributed by atoms with E-state index in [1.165, 1.54) is 13.2 Å². The zero-order valence-corrected chi connectivity index (χ0v) is 11.8. The highest BCUT2D eigenvalue weighted by Crippen LogP contribution is 2.40. The van der Waals surface area contributed by atoms with Crippen molar-refractivity contribution in [3.63, 3.8) is 0 Å². The summed E-state index contributed by atoms with van der Waals surface area (Å²) in [6.07, 6.45) is 0.365. The number of esters is 1. The number of rotatable bonds is 5. The largest absolute Gasteiger partial charge is 0.508 e. The number of hydrogen-bond acceptors (Lipinski definition) is 6. The molecular formula is C14H21NO5. The smallest absolute Gasteiger partial charge is 0.322 e. The van der Waals surface area contributed by atoms with E-state index in [0.29, 0.717) is 12.0 Å². The van der Waals surface area contributed by atoms with Gasteiger partial charge in [0.2, 0.25) is 0 Å². The molecule has 0 radical (unpaired) electrons. The Bertz CT molecular complexity index is 489. The van der Waals surface area contributed by atoms with Crippen molar-refractivity contribution >= 4 is 5.97 Å². The Kier molecular flexibility index (Phi) is 5.21. The molecule has 0 aliphatic heterocycles. The topological polar surface area (TPSA) is 113 Å². The zero-order valence-electron chi connectivity index (χ0n) is 11.8. The second kappa shape index (κ2) is 6.47. The lowest BCUT2D eigenvalue weighted by Gasteiger charge is -2.23. The van der Waals surface area contributed by atoms with Gasteiger partial charge >= 0.3 is 5.97 Å². The number of phenolic OH excluding ortho intramolecular Hbond substituents is 3. The van der Waals surface area contributed by atoms with E-state index in [0.717, 1.165) is 6.07 Å². The molecule has 0 aromatic heterocycles. The van der Waals surface area contributed by atoms with Gasteiger partial charge in [0.05, 0.1) is 7.11 Å².